The molecule has 0 saturated carbocycles. The fourth-order valence-corrected chi connectivity index (χ4v) is 1.63. The maximum absolute atomic E-state index is 8.95. The SMILES string of the molecule is CC(C)c1ccc2ccnc(C#N)c2c1. The Labute approximate surface area is 89.2 Å². The summed E-state index contributed by atoms with van der Waals surface area (Å²) < 4.78 is 0. The summed E-state index contributed by atoms with van der Waals surface area (Å²) in [5.74, 6) is 0.473. The van der Waals surface area contributed by atoms with Crippen LogP contribution in [0.1, 0.15) is 31.0 Å². The summed E-state index contributed by atoms with van der Waals surface area (Å²) in [6.07, 6.45) is 1.68. The highest BCUT2D eigenvalue weighted by molar-refractivity contribution is 5.86. The van der Waals surface area contributed by atoms with Gasteiger partial charge in [-0.1, -0.05) is 26.0 Å². The maximum Gasteiger partial charge on any atom is 0.148 e. The van der Waals surface area contributed by atoms with Crippen molar-refractivity contribution < 1.29 is 0 Å². The average Bonchev–Trinajstić information content (AvgIpc) is 2.27. The minimum absolute atomic E-state index is 0.473. The zero-order valence-corrected chi connectivity index (χ0v) is 8.86. The molecule has 0 saturated heterocycles. The van der Waals surface area contributed by atoms with Gasteiger partial charge in [0.2, 0.25) is 0 Å². The van der Waals surface area contributed by atoms with E-state index in [4.69, 9.17) is 5.26 Å². The average molecular weight is 196 g/mol. The van der Waals surface area contributed by atoms with Gasteiger partial charge in [0.1, 0.15) is 11.8 Å². The van der Waals surface area contributed by atoms with Gasteiger partial charge in [-0.25, -0.2) is 4.98 Å². The van der Waals surface area contributed by atoms with Gasteiger partial charge in [-0.3, -0.25) is 0 Å². The third-order valence-corrected chi connectivity index (χ3v) is 2.56. The van der Waals surface area contributed by atoms with Crippen molar-refractivity contribution in [3.05, 3.63) is 41.7 Å². The molecule has 0 amide bonds. The van der Waals surface area contributed by atoms with Crippen molar-refractivity contribution in [2.45, 2.75) is 19.8 Å². The van der Waals surface area contributed by atoms with Gasteiger partial charge in [-0.2, -0.15) is 5.26 Å². The van der Waals surface area contributed by atoms with Crippen LogP contribution in [-0.2, 0) is 0 Å². The molecule has 1 aromatic heterocycles. The van der Waals surface area contributed by atoms with Crippen LogP contribution in [0.15, 0.2) is 30.5 Å². The molecular weight excluding hydrogens is 184 g/mol. The van der Waals surface area contributed by atoms with Crippen LogP contribution in [0, 0.1) is 11.3 Å². The van der Waals surface area contributed by atoms with Crippen LogP contribution in [-0.4, -0.2) is 4.98 Å². The zero-order valence-electron chi connectivity index (χ0n) is 8.86. The van der Waals surface area contributed by atoms with E-state index in [0.29, 0.717) is 11.6 Å². The second-order valence-corrected chi connectivity index (χ2v) is 3.91. The van der Waals surface area contributed by atoms with Crippen LogP contribution in [0.2, 0.25) is 0 Å². The summed E-state index contributed by atoms with van der Waals surface area (Å²) in [6.45, 7) is 4.28. The van der Waals surface area contributed by atoms with Crippen LogP contribution in [0.25, 0.3) is 10.8 Å². The summed E-state index contributed by atoms with van der Waals surface area (Å²) in [6, 6.07) is 10.3. The van der Waals surface area contributed by atoms with E-state index in [0.717, 1.165) is 10.8 Å². The van der Waals surface area contributed by atoms with Crippen LogP contribution < -0.4 is 0 Å². The molecule has 0 unspecified atom stereocenters. The molecule has 0 aliphatic rings. The molecule has 1 aromatic carbocycles. The lowest BCUT2D eigenvalue weighted by Crippen LogP contribution is -1.90. The smallest absolute Gasteiger partial charge is 0.148 e. The molecule has 2 heteroatoms. The topological polar surface area (TPSA) is 36.7 Å². The standard InChI is InChI=1S/C13H12N2/c1-9(2)11-4-3-10-5-6-15-13(8-14)12(10)7-11/h3-7,9H,1-2H3. The molecule has 0 aliphatic heterocycles. The van der Waals surface area contributed by atoms with Crippen LogP contribution in [0.5, 0.6) is 0 Å². The number of fused-ring (bicyclic) bond motifs is 1. The summed E-state index contributed by atoms with van der Waals surface area (Å²) in [4.78, 5) is 4.06. The van der Waals surface area contributed by atoms with Gasteiger partial charge in [0.15, 0.2) is 0 Å². The molecule has 2 rings (SSSR count). The largest absolute Gasteiger partial charge is 0.245 e. The normalized spacial score (nSPS) is 10.5. The molecule has 0 bridgehead atoms. The fourth-order valence-electron chi connectivity index (χ4n) is 1.63. The molecule has 74 valence electrons. The minimum Gasteiger partial charge on any atom is -0.245 e. The van der Waals surface area contributed by atoms with Gasteiger partial charge in [-0.05, 0) is 29.0 Å². The number of hydrogen-bond donors (Lipinski definition) is 0. The van der Waals surface area contributed by atoms with Crippen molar-refractivity contribution in [2.24, 2.45) is 0 Å². The van der Waals surface area contributed by atoms with E-state index in [1.54, 1.807) is 6.20 Å². The molecule has 15 heavy (non-hydrogen) atoms. The number of rotatable bonds is 1. The van der Waals surface area contributed by atoms with Crippen LogP contribution in [0.3, 0.4) is 0 Å². The van der Waals surface area contributed by atoms with Gasteiger partial charge in [0.25, 0.3) is 0 Å². The highest BCUT2D eigenvalue weighted by Gasteiger charge is 2.04. The minimum atomic E-state index is 0.473. The molecule has 2 nitrogen and oxygen atoms in total. The van der Waals surface area contributed by atoms with E-state index in [2.05, 4.69) is 37.0 Å². The highest BCUT2D eigenvalue weighted by Crippen LogP contribution is 2.22. The van der Waals surface area contributed by atoms with Crippen molar-refractivity contribution in [2.75, 3.05) is 0 Å². The zero-order chi connectivity index (χ0) is 10.8. The third kappa shape index (κ3) is 1.69. The maximum atomic E-state index is 8.95. The van der Waals surface area contributed by atoms with Crippen molar-refractivity contribution >= 4 is 10.8 Å². The second-order valence-electron chi connectivity index (χ2n) is 3.91. The molecule has 0 atom stereocenters. The first-order valence-corrected chi connectivity index (χ1v) is 5.01. The predicted molar refractivity (Wildman–Crippen MR) is 60.5 cm³/mol. The Hall–Kier alpha value is -1.88. The summed E-state index contributed by atoms with van der Waals surface area (Å²) >= 11 is 0. The van der Waals surface area contributed by atoms with Crippen LogP contribution >= 0.6 is 0 Å². The Morgan fingerprint density at radius 3 is 2.73 bits per heavy atom. The summed E-state index contributed by atoms with van der Waals surface area (Å²) in [5, 5.41) is 11.0. The lowest BCUT2D eigenvalue weighted by Gasteiger charge is -2.07. The number of benzene rings is 1. The molecule has 0 radical (unpaired) electrons. The predicted octanol–water partition coefficient (Wildman–Crippen LogP) is 3.23. The fraction of sp³-hybridized carbons (Fsp3) is 0.231. The van der Waals surface area contributed by atoms with E-state index in [9.17, 15) is 0 Å². The first kappa shape index (κ1) is 9.67. The molecule has 2 aromatic rings. The highest BCUT2D eigenvalue weighted by atomic mass is 14.7. The van der Waals surface area contributed by atoms with E-state index in [1.807, 2.05) is 12.1 Å². The monoisotopic (exact) mass is 196 g/mol. The summed E-state index contributed by atoms with van der Waals surface area (Å²) in [5.41, 5.74) is 1.75. The van der Waals surface area contributed by atoms with Crippen LogP contribution in [0.4, 0.5) is 0 Å². The Balaban J connectivity index is 2.74. The number of hydrogen-bond acceptors (Lipinski definition) is 2. The Kier molecular flexibility index (Phi) is 2.39. The molecular formula is C13H12N2. The molecule has 0 fully saturated rings. The lowest BCUT2D eigenvalue weighted by molar-refractivity contribution is 0.868. The Morgan fingerprint density at radius 1 is 1.27 bits per heavy atom. The number of pyridine rings is 1. The van der Waals surface area contributed by atoms with Crippen molar-refractivity contribution in [1.82, 2.24) is 4.98 Å². The van der Waals surface area contributed by atoms with E-state index >= 15 is 0 Å². The van der Waals surface area contributed by atoms with E-state index in [-0.39, 0.29) is 0 Å². The molecule has 0 spiro atoms. The van der Waals surface area contributed by atoms with Crippen molar-refractivity contribution in [1.29, 1.82) is 5.26 Å². The van der Waals surface area contributed by atoms with E-state index < -0.39 is 0 Å². The van der Waals surface area contributed by atoms with Gasteiger partial charge >= 0.3 is 0 Å². The Bertz CT molecular complexity index is 536. The lowest BCUT2D eigenvalue weighted by atomic mass is 9.99. The first-order valence-electron chi connectivity index (χ1n) is 5.01. The number of nitrogens with zero attached hydrogens (tertiary/aromatic N) is 2. The van der Waals surface area contributed by atoms with Gasteiger partial charge in [0, 0.05) is 11.6 Å². The van der Waals surface area contributed by atoms with Gasteiger partial charge < -0.3 is 0 Å². The second kappa shape index (κ2) is 3.70. The van der Waals surface area contributed by atoms with Crippen molar-refractivity contribution in [3.8, 4) is 6.07 Å². The van der Waals surface area contributed by atoms with E-state index in [1.165, 1.54) is 5.56 Å². The molecule has 1 heterocycles. The Morgan fingerprint density at radius 2 is 2.07 bits per heavy atom. The quantitative estimate of drug-likeness (QED) is 0.702. The van der Waals surface area contributed by atoms with Crippen molar-refractivity contribution in [3.63, 3.8) is 0 Å². The summed E-state index contributed by atoms with van der Waals surface area (Å²) in [7, 11) is 0. The number of nitriles is 1. The van der Waals surface area contributed by atoms with Gasteiger partial charge in [0.05, 0.1) is 0 Å². The molecule has 0 aliphatic carbocycles. The number of aromatic nitrogens is 1. The third-order valence-electron chi connectivity index (χ3n) is 2.56. The first-order chi connectivity index (χ1) is 7.22. The molecule has 0 N–H and O–H groups in total. The van der Waals surface area contributed by atoms with Gasteiger partial charge in [-0.15, -0.1) is 0 Å².